The number of rotatable bonds is 11. The van der Waals surface area contributed by atoms with Crippen LogP contribution in [0.5, 0.6) is 5.75 Å². The van der Waals surface area contributed by atoms with Gasteiger partial charge in [-0.25, -0.2) is 4.79 Å². The molecule has 0 aliphatic carbocycles. The van der Waals surface area contributed by atoms with Crippen LogP contribution in [0.25, 0.3) is 11.1 Å². The van der Waals surface area contributed by atoms with Crippen molar-refractivity contribution in [1.29, 1.82) is 0 Å². The molecule has 8 nitrogen and oxygen atoms in total. The lowest BCUT2D eigenvalue weighted by Gasteiger charge is -2.17. The zero-order valence-electron chi connectivity index (χ0n) is 22.7. The van der Waals surface area contributed by atoms with E-state index >= 15 is 0 Å². The molecule has 2 aromatic carbocycles. The second-order valence-corrected chi connectivity index (χ2v) is 10.7. The standard InChI is InChI=1S/C29H32N4O4S2/c1-6-33-26(20(5)37-23-14-13-18(3)15-19(23)4)31-32-29(33)39-17-24(34)30-27-25(28(35)36-7-2)22(16-38-27)21-11-9-8-10-12-21/h8-16,20H,6-7,17H2,1-5H3,(H,30,34). The number of nitrogens with one attached hydrogen (secondary N) is 1. The van der Waals surface area contributed by atoms with Gasteiger partial charge in [0.25, 0.3) is 0 Å². The van der Waals surface area contributed by atoms with Crippen LogP contribution in [0.15, 0.2) is 59.1 Å². The van der Waals surface area contributed by atoms with Crippen molar-refractivity contribution in [2.75, 3.05) is 17.7 Å². The summed E-state index contributed by atoms with van der Waals surface area (Å²) in [5, 5.41) is 14.5. The van der Waals surface area contributed by atoms with Crippen LogP contribution in [-0.2, 0) is 16.1 Å². The van der Waals surface area contributed by atoms with Crippen molar-refractivity contribution in [2.45, 2.75) is 52.4 Å². The number of thioether (sulfide) groups is 1. The van der Waals surface area contributed by atoms with Crippen LogP contribution >= 0.6 is 23.1 Å². The molecule has 4 rings (SSSR count). The number of esters is 1. The van der Waals surface area contributed by atoms with E-state index in [1.54, 1.807) is 6.92 Å². The number of ether oxygens (including phenoxy) is 2. The monoisotopic (exact) mass is 564 g/mol. The molecule has 39 heavy (non-hydrogen) atoms. The molecule has 4 aromatic rings. The number of hydrogen-bond donors (Lipinski definition) is 1. The largest absolute Gasteiger partial charge is 0.482 e. The molecule has 1 unspecified atom stereocenters. The van der Waals surface area contributed by atoms with E-state index in [1.807, 2.05) is 80.1 Å². The maximum Gasteiger partial charge on any atom is 0.341 e. The Bertz CT molecular complexity index is 1450. The second kappa shape index (κ2) is 12.9. The van der Waals surface area contributed by atoms with Gasteiger partial charge in [-0.15, -0.1) is 21.5 Å². The number of hydrogen-bond acceptors (Lipinski definition) is 8. The number of carbonyl (C=O) groups is 2. The minimum atomic E-state index is -0.464. The highest BCUT2D eigenvalue weighted by molar-refractivity contribution is 7.99. The highest BCUT2D eigenvalue weighted by atomic mass is 32.2. The predicted molar refractivity (Wildman–Crippen MR) is 156 cm³/mol. The average molecular weight is 565 g/mol. The highest BCUT2D eigenvalue weighted by Crippen LogP contribution is 2.36. The summed E-state index contributed by atoms with van der Waals surface area (Å²) < 4.78 is 13.4. The summed E-state index contributed by atoms with van der Waals surface area (Å²) >= 11 is 2.59. The lowest BCUT2D eigenvalue weighted by Crippen LogP contribution is -2.17. The van der Waals surface area contributed by atoms with Gasteiger partial charge >= 0.3 is 5.97 Å². The zero-order chi connectivity index (χ0) is 27.9. The summed E-state index contributed by atoms with van der Waals surface area (Å²) in [5.41, 5.74) is 4.21. The Labute approximate surface area is 236 Å². The summed E-state index contributed by atoms with van der Waals surface area (Å²) in [5.74, 6) is 0.879. The molecule has 1 atom stereocenters. The third-order valence-corrected chi connectivity index (χ3v) is 7.86. The first kappa shape index (κ1) is 28.4. The Morgan fingerprint density at radius 3 is 2.56 bits per heavy atom. The predicted octanol–water partition coefficient (Wildman–Crippen LogP) is 6.69. The smallest absolute Gasteiger partial charge is 0.341 e. The van der Waals surface area contributed by atoms with Gasteiger partial charge in [-0.1, -0.05) is 59.8 Å². The van der Waals surface area contributed by atoms with E-state index < -0.39 is 5.97 Å². The molecule has 0 fully saturated rings. The van der Waals surface area contributed by atoms with Gasteiger partial charge in [0.05, 0.1) is 12.4 Å². The number of amides is 1. The van der Waals surface area contributed by atoms with Crippen LogP contribution in [0, 0.1) is 13.8 Å². The molecule has 0 aliphatic heterocycles. The van der Waals surface area contributed by atoms with Crippen molar-refractivity contribution >= 4 is 40.0 Å². The van der Waals surface area contributed by atoms with Crippen molar-refractivity contribution in [3.63, 3.8) is 0 Å². The van der Waals surface area contributed by atoms with Crippen LogP contribution in [0.3, 0.4) is 0 Å². The number of aromatic nitrogens is 3. The van der Waals surface area contributed by atoms with Gasteiger partial charge in [-0.05, 0) is 51.8 Å². The Morgan fingerprint density at radius 2 is 1.87 bits per heavy atom. The molecule has 1 N–H and O–H groups in total. The molecule has 0 saturated heterocycles. The third kappa shape index (κ3) is 6.69. The molecule has 204 valence electrons. The molecule has 1 amide bonds. The summed E-state index contributed by atoms with van der Waals surface area (Å²) in [7, 11) is 0. The fourth-order valence-electron chi connectivity index (χ4n) is 4.16. The third-order valence-electron chi connectivity index (χ3n) is 6.00. The normalized spacial score (nSPS) is 11.7. The van der Waals surface area contributed by atoms with Crippen LogP contribution in [-0.4, -0.2) is 39.0 Å². The van der Waals surface area contributed by atoms with Crippen molar-refractivity contribution in [3.05, 3.63) is 76.4 Å². The Hall–Kier alpha value is -3.63. The van der Waals surface area contributed by atoms with E-state index in [9.17, 15) is 9.59 Å². The topological polar surface area (TPSA) is 95.3 Å². The summed E-state index contributed by atoms with van der Waals surface area (Å²) in [6.45, 7) is 10.6. The van der Waals surface area contributed by atoms with E-state index in [0.29, 0.717) is 28.1 Å². The van der Waals surface area contributed by atoms with Crippen LogP contribution in [0.4, 0.5) is 5.00 Å². The molecule has 2 aromatic heterocycles. The van der Waals surface area contributed by atoms with E-state index in [-0.39, 0.29) is 24.4 Å². The Morgan fingerprint density at radius 1 is 1.10 bits per heavy atom. The van der Waals surface area contributed by atoms with Crippen LogP contribution in [0.2, 0.25) is 0 Å². The Kier molecular flexibility index (Phi) is 9.42. The van der Waals surface area contributed by atoms with Crippen molar-refractivity contribution in [3.8, 4) is 16.9 Å². The maximum atomic E-state index is 13.0. The molecule has 10 heteroatoms. The van der Waals surface area contributed by atoms with Gasteiger partial charge in [0.1, 0.15) is 16.3 Å². The maximum absolute atomic E-state index is 13.0. The fourth-order valence-corrected chi connectivity index (χ4v) is 5.94. The minimum Gasteiger partial charge on any atom is -0.482 e. The molecule has 0 spiro atoms. The van der Waals surface area contributed by atoms with E-state index in [1.165, 1.54) is 28.7 Å². The molecular formula is C29H32N4O4S2. The molecule has 0 saturated carbocycles. The van der Waals surface area contributed by atoms with Gasteiger partial charge in [0.2, 0.25) is 5.91 Å². The van der Waals surface area contributed by atoms with Gasteiger partial charge in [0, 0.05) is 17.5 Å². The highest BCUT2D eigenvalue weighted by Gasteiger charge is 2.24. The molecule has 2 heterocycles. The number of anilines is 1. The zero-order valence-corrected chi connectivity index (χ0v) is 24.3. The van der Waals surface area contributed by atoms with Crippen LogP contribution < -0.4 is 10.1 Å². The van der Waals surface area contributed by atoms with Crippen LogP contribution in [0.1, 0.15) is 54.2 Å². The van der Waals surface area contributed by atoms with Gasteiger partial charge in [-0.2, -0.15) is 0 Å². The van der Waals surface area contributed by atoms with E-state index in [4.69, 9.17) is 9.47 Å². The van der Waals surface area contributed by atoms with Gasteiger partial charge in [0.15, 0.2) is 17.1 Å². The van der Waals surface area contributed by atoms with Crippen molar-refractivity contribution in [1.82, 2.24) is 14.8 Å². The first-order valence-corrected chi connectivity index (χ1v) is 14.6. The number of nitrogens with zero attached hydrogens (tertiary/aromatic N) is 3. The number of benzene rings is 2. The van der Waals surface area contributed by atoms with E-state index in [2.05, 4.69) is 21.6 Å². The SMILES string of the molecule is CCOC(=O)c1c(-c2ccccc2)csc1NC(=O)CSc1nnc(C(C)Oc2ccc(C)cc2C)n1CC. The lowest BCUT2D eigenvalue weighted by molar-refractivity contribution is -0.113. The van der Waals surface area contributed by atoms with Crippen molar-refractivity contribution in [2.24, 2.45) is 0 Å². The number of carbonyl (C=O) groups excluding carboxylic acids is 2. The minimum absolute atomic E-state index is 0.102. The van der Waals surface area contributed by atoms with Gasteiger partial charge < -0.3 is 19.4 Å². The second-order valence-electron chi connectivity index (χ2n) is 8.89. The summed E-state index contributed by atoms with van der Waals surface area (Å²) in [6.07, 6.45) is -0.323. The van der Waals surface area contributed by atoms with E-state index in [0.717, 1.165) is 22.4 Å². The fraction of sp³-hybridized carbons (Fsp3) is 0.310. The molecule has 0 aliphatic rings. The quantitative estimate of drug-likeness (QED) is 0.160. The number of aryl methyl sites for hydroxylation is 2. The molecule has 0 radical (unpaired) electrons. The lowest BCUT2D eigenvalue weighted by atomic mass is 10.0. The molecular weight excluding hydrogens is 532 g/mol. The summed E-state index contributed by atoms with van der Waals surface area (Å²) in [6, 6.07) is 15.6. The van der Waals surface area contributed by atoms with Gasteiger partial charge in [-0.3, -0.25) is 4.79 Å². The van der Waals surface area contributed by atoms with Crippen molar-refractivity contribution < 1.29 is 19.1 Å². The summed E-state index contributed by atoms with van der Waals surface area (Å²) in [4.78, 5) is 25.7. The first-order valence-electron chi connectivity index (χ1n) is 12.8. The number of thiophene rings is 1. The first-order chi connectivity index (χ1) is 18.8. The average Bonchev–Trinajstić information content (AvgIpc) is 3.53. The molecule has 0 bridgehead atoms. The Balaban J connectivity index is 1.46.